The highest BCUT2D eigenvalue weighted by Gasteiger charge is 2.15. The van der Waals surface area contributed by atoms with Gasteiger partial charge in [0.25, 0.3) is 0 Å². The van der Waals surface area contributed by atoms with Gasteiger partial charge in [0.2, 0.25) is 5.95 Å². The quantitative estimate of drug-likeness (QED) is 0.783. The van der Waals surface area contributed by atoms with E-state index in [2.05, 4.69) is 15.1 Å². The van der Waals surface area contributed by atoms with Crippen molar-refractivity contribution in [2.24, 2.45) is 0 Å². The Morgan fingerprint density at radius 2 is 1.95 bits per heavy atom. The Kier molecular flexibility index (Phi) is 3.08. The number of aliphatic hydroxyl groups is 1. The Morgan fingerprint density at radius 1 is 1.20 bits per heavy atom. The molecule has 2 aromatic heterocycles. The maximum absolute atomic E-state index is 9.33. The van der Waals surface area contributed by atoms with Crippen molar-refractivity contribution in [3.05, 3.63) is 47.9 Å². The summed E-state index contributed by atoms with van der Waals surface area (Å²) in [5.74, 6) is 1.31. The van der Waals surface area contributed by atoms with E-state index >= 15 is 0 Å². The van der Waals surface area contributed by atoms with Crippen molar-refractivity contribution in [3.63, 3.8) is 0 Å². The summed E-state index contributed by atoms with van der Waals surface area (Å²) in [4.78, 5) is 10.7. The number of aliphatic hydroxyl groups excluding tert-OH is 1. The smallest absolute Gasteiger partial charge is 0.234 e. The van der Waals surface area contributed by atoms with Crippen LogP contribution < -0.4 is 4.90 Å². The molecule has 6 nitrogen and oxygen atoms in total. The first-order valence-corrected chi connectivity index (χ1v) is 6.31. The van der Waals surface area contributed by atoms with Crippen molar-refractivity contribution in [1.82, 2.24) is 19.6 Å². The molecule has 0 aliphatic rings. The summed E-state index contributed by atoms with van der Waals surface area (Å²) < 4.78 is 1.64. The largest absolute Gasteiger partial charge is 0.391 e. The van der Waals surface area contributed by atoms with Gasteiger partial charge in [0, 0.05) is 18.3 Å². The standard InChI is InChI=1S/C14H15N5O/c1-10-16-13-11(9-20)8-15-19(13)14(17-10)18(2)12-6-4-3-5-7-12/h3-8,20H,9H2,1-2H3. The minimum absolute atomic E-state index is 0.0888. The van der Waals surface area contributed by atoms with Crippen LogP contribution in [0.5, 0.6) is 0 Å². The summed E-state index contributed by atoms with van der Waals surface area (Å²) in [7, 11) is 1.93. The number of aryl methyl sites for hydroxylation is 1. The number of para-hydroxylation sites is 1. The molecule has 0 unspecified atom stereocenters. The van der Waals surface area contributed by atoms with Crippen LogP contribution >= 0.6 is 0 Å². The van der Waals surface area contributed by atoms with E-state index in [0.29, 0.717) is 23.0 Å². The van der Waals surface area contributed by atoms with Crippen LogP contribution in [0.25, 0.3) is 5.65 Å². The predicted molar refractivity (Wildman–Crippen MR) is 75.9 cm³/mol. The fourth-order valence-corrected chi connectivity index (χ4v) is 2.11. The second-order valence-electron chi connectivity index (χ2n) is 4.53. The van der Waals surface area contributed by atoms with Gasteiger partial charge in [0.15, 0.2) is 5.65 Å². The van der Waals surface area contributed by atoms with E-state index in [1.165, 1.54) is 0 Å². The zero-order valence-corrected chi connectivity index (χ0v) is 11.4. The summed E-state index contributed by atoms with van der Waals surface area (Å²) >= 11 is 0. The van der Waals surface area contributed by atoms with Gasteiger partial charge in [-0.05, 0) is 19.1 Å². The summed E-state index contributed by atoms with van der Waals surface area (Å²) in [6.45, 7) is 1.74. The van der Waals surface area contributed by atoms with Gasteiger partial charge in [-0.3, -0.25) is 0 Å². The molecular formula is C14H15N5O. The summed E-state index contributed by atoms with van der Waals surface area (Å²) in [6.07, 6.45) is 1.62. The number of rotatable bonds is 3. The molecule has 0 radical (unpaired) electrons. The van der Waals surface area contributed by atoms with Crippen molar-refractivity contribution >= 4 is 17.3 Å². The lowest BCUT2D eigenvalue weighted by atomic mass is 10.3. The minimum atomic E-state index is -0.0888. The minimum Gasteiger partial charge on any atom is -0.391 e. The molecule has 0 amide bonds. The second-order valence-corrected chi connectivity index (χ2v) is 4.53. The molecular weight excluding hydrogens is 254 g/mol. The average molecular weight is 269 g/mol. The summed E-state index contributed by atoms with van der Waals surface area (Å²) in [5, 5.41) is 13.6. The fourth-order valence-electron chi connectivity index (χ4n) is 2.11. The molecule has 0 saturated heterocycles. The van der Waals surface area contributed by atoms with Gasteiger partial charge in [-0.15, -0.1) is 0 Å². The number of anilines is 2. The van der Waals surface area contributed by atoms with Crippen LogP contribution in [0.4, 0.5) is 11.6 Å². The molecule has 0 bridgehead atoms. The van der Waals surface area contributed by atoms with E-state index in [-0.39, 0.29) is 6.61 Å². The molecule has 2 heterocycles. The Morgan fingerprint density at radius 3 is 2.65 bits per heavy atom. The summed E-state index contributed by atoms with van der Waals surface area (Å²) in [5.41, 5.74) is 2.34. The Labute approximate surface area is 116 Å². The van der Waals surface area contributed by atoms with Crippen molar-refractivity contribution < 1.29 is 5.11 Å². The monoisotopic (exact) mass is 269 g/mol. The third-order valence-corrected chi connectivity index (χ3v) is 3.15. The maximum Gasteiger partial charge on any atom is 0.234 e. The number of nitrogens with zero attached hydrogens (tertiary/aromatic N) is 5. The molecule has 1 N–H and O–H groups in total. The first-order valence-electron chi connectivity index (χ1n) is 6.31. The van der Waals surface area contributed by atoms with E-state index in [0.717, 1.165) is 5.69 Å². The molecule has 6 heteroatoms. The summed E-state index contributed by atoms with van der Waals surface area (Å²) in [6, 6.07) is 9.91. The van der Waals surface area contributed by atoms with E-state index in [9.17, 15) is 5.11 Å². The van der Waals surface area contributed by atoms with Crippen LogP contribution in [-0.4, -0.2) is 31.7 Å². The number of aromatic nitrogens is 4. The fraction of sp³-hybridized carbons (Fsp3) is 0.214. The SMILES string of the molecule is Cc1nc(N(C)c2ccccc2)n2ncc(CO)c2n1. The molecule has 3 rings (SSSR count). The van der Waals surface area contributed by atoms with Gasteiger partial charge < -0.3 is 10.0 Å². The first kappa shape index (κ1) is 12.6. The van der Waals surface area contributed by atoms with E-state index in [1.54, 1.807) is 10.7 Å². The van der Waals surface area contributed by atoms with Crippen molar-refractivity contribution in [1.29, 1.82) is 0 Å². The van der Waals surface area contributed by atoms with Crippen molar-refractivity contribution in [2.75, 3.05) is 11.9 Å². The van der Waals surface area contributed by atoms with Crippen LogP contribution in [0, 0.1) is 6.92 Å². The molecule has 0 spiro atoms. The highest BCUT2D eigenvalue weighted by molar-refractivity contribution is 5.60. The predicted octanol–water partition coefficient (Wildman–Crippen LogP) is 1.69. The van der Waals surface area contributed by atoms with Crippen LogP contribution in [0.3, 0.4) is 0 Å². The molecule has 3 aromatic rings. The van der Waals surface area contributed by atoms with Crippen molar-refractivity contribution in [2.45, 2.75) is 13.5 Å². The van der Waals surface area contributed by atoms with Gasteiger partial charge >= 0.3 is 0 Å². The third-order valence-electron chi connectivity index (χ3n) is 3.15. The topological polar surface area (TPSA) is 66.6 Å². The number of hydrogen-bond donors (Lipinski definition) is 1. The Bertz CT molecular complexity index is 738. The van der Waals surface area contributed by atoms with E-state index in [1.807, 2.05) is 49.2 Å². The molecule has 1 aromatic carbocycles. The lowest BCUT2D eigenvalue weighted by molar-refractivity contribution is 0.283. The zero-order valence-electron chi connectivity index (χ0n) is 11.4. The lowest BCUT2D eigenvalue weighted by Crippen LogP contribution is -2.17. The highest BCUT2D eigenvalue weighted by atomic mass is 16.3. The Hall–Kier alpha value is -2.47. The Balaban J connectivity index is 2.18. The molecule has 102 valence electrons. The van der Waals surface area contributed by atoms with Crippen LogP contribution in [0.15, 0.2) is 36.5 Å². The van der Waals surface area contributed by atoms with E-state index < -0.39 is 0 Å². The lowest BCUT2D eigenvalue weighted by Gasteiger charge is -2.19. The van der Waals surface area contributed by atoms with Crippen LogP contribution in [0.2, 0.25) is 0 Å². The second kappa shape index (κ2) is 4.90. The normalized spacial score (nSPS) is 10.9. The van der Waals surface area contributed by atoms with E-state index in [4.69, 9.17) is 0 Å². The van der Waals surface area contributed by atoms with Gasteiger partial charge in [-0.1, -0.05) is 18.2 Å². The number of hydrogen-bond acceptors (Lipinski definition) is 5. The number of benzene rings is 1. The van der Waals surface area contributed by atoms with Crippen LogP contribution in [-0.2, 0) is 6.61 Å². The number of fused-ring (bicyclic) bond motifs is 1. The maximum atomic E-state index is 9.33. The highest BCUT2D eigenvalue weighted by Crippen LogP contribution is 2.22. The van der Waals surface area contributed by atoms with Gasteiger partial charge in [0.05, 0.1) is 12.8 Å². The molecule has 0 fully saturated rings. The molecule has 0 aliphatic carbocycles. The third kappa shape index (κ3) is 2.00. The first-order chi connectivity index (χ1) is 9.70. The van der Waals surface area contributed by atoms with Crippen molar-refractivity contribution in [3.8, 4) is 0 Å². The molecule has 0 saturated carbocycles. The van der Waals surface area contributed by atoms with Gasteiger partial charge in [-0.25, -0.2) is 4.98 Å². The van der Waals surface area contributed by atoms with Gasteiger partial charge in [0.1, 0.15) is 5.82 Å². The molecule has 20 heavy (non-hydrogen) atoms. The zero-order chi connectivity index (χ0) is 14.1. The molecule has 0 atom stereocenters. The van der Waals surface area contributed by atoms with Gasteiger partial charge in [-0.2, -0.15) is 14.6 Å². The van der Waals surface area contributed by atoms with Crippen LogP contribution in [0.1, 0.15) is 11.4 Å². The average Bonchev–Trinajstić information content (AvgIpc) is 2.89. The molecule has 0 aliphatic heterocycles.